The van der Waals surface area contributed by atoms with Gasteiger partial charge in [0.15, 0.2) is 0 Å². The standard InChI is InChI=1S/C26H39N3O5/c1-18(30)15-28-24(31)21-7-5-20(6-8-21)22-9-10-23(27-16-22)33-17-19-11-13-29(14-12-19)25(32)34-26(2,3)4/h5,9-10,16,18-19,21,30H,6-8,11-15,17H2,1-4H3,(H,28,31)/t18-,21?/m1/s1. The number of carbonyl (C=O) groups excluding carboxylic acids is 2. The van der Waals surface area contributed by atoms with E-state index in [4.69, 9.17) is 9.47 Å². The van der Waals surface area contributed by atoms with Crippen molar-refractivity contribution in [2.24, 2.45) is 11.8 Å². The first-order valence-electron chi connectivity index (χ1n) is 12.3. The maximum atomic E-state index is 12.2. The molecule has 3 rings (SSSR count). The van der Waals surface area contributed by atoms with E-state index in [0.29, 0.717) is 44.5 Å². The van der Waals surface area contributed by atoms with Gasteiger partial charge in [0, 0.05) is 37.8 Å². The van der Waals surface area contributed by atoms with Crippen LogP contribution in [0.5, 0.6) is 5.88 Å². The van der Waals surface area contributed by atoms with Crippen LogP contribution in [-0.2, 0) is 9.53 Å². The molecule has 1 aromatic heterocycles. The molecule has 1 saturated heterocycles. The van der Waals surface area contributed by atoms with Crippen LogP contribution in [0.3, 0.4) is 0 Å². The number of rotatable bonds is 7. The normalized spacial score (nSPS) is 20.3. The van der Waals surface area contributed by atoms with E-state index in [1.807, 2.05) is 39.1 Å². The summed E-state index contributed by atoms with van der Waals surface area (Å²) < 4.78 is 11.4. The van der Waals surface area contributed by atoms with Crippen molar-refractivity contribution >= 4 is 17.6 Å². The fourth-order valence-corrected chi connectivity index (χ4v) is 4.19. The minimum absolute atomic E-state index is 0.00926. The molecular weight excluding hydrogens is 434 g/mol. The van der Waals surface area contributed by atoms with E-state index >= 15 is 0 Å². The van der Waals surface area contributed by atoms with E-state index in [-0.39, 0.29) is 17.9 Å². The largest absolute Gasteiger partial charge is 0.477 e. The summed E-state index contributed by atoms with van der Waals surface area (Å²) in [6, 6.07) is 3.92. The van der Waals surface area contributed by atoms with Gasteiger partial charge in [-0.05, 0) is 82.9 Å². The second-order valence-electron chi connectivity index (χ2n) is 10.4. The van der Waals surface area contributed by atoms with Crippen LogP contribution in [0, 0.1) is 11.8 Å². The molecule has 1 aliphatic heterocycles. The quantitative estimate of drug-likeness (QED) is 0.625. The van der Waals surface area contributed by atoms with Crippen LogP contribution >= 0.6 is 0 Å². The highest BCUT2D eigenvalue weighted by atomic mass is 16.6. The minimum atomic E-state index is -0.532. The van der Waals surface area contributed by atoms with Crippen LogP contribution in [0.25, 0.3) is 5.57 Å². The Kier molecular flexibility index (Phi) is 8.94. The topological polar surface area (TPSA) is 101 Å². The monoisotopic (exact) mass is 473 g/mol. The third-order valence-corrected chi connectivity index (χ3v) is 6.19. The van der Waals surface area contributed by atoms with Crippen molar-refractivity contribution < 1.29 is 24.2 Å². The van der Waals surface area contributed by atoms with Gasteiger partial charge in [-0.25, -0.2) is 9.78 Å². The molecule has 2 aliphatic rings. The highest BCUT2D eigenvalue weighted by Gasteiger charge is 2.27. The Morgan fingerprint density at radius 2 is 1.97 bits per heavy atom. The zero-order valence-electron chi connectivity index (χ0n) is 20.9. The Morgan fingerprint density at radius 1 is 1.24 bits per heavy atom. The van der Waals surface area contributed by atoms with E-state index < -0.39 is 11.7 Å². The molecule has 2 heterocycles. The average Bonchev–Trinajstić information content (AvgIpc) is 2.81. The lowest BCUT2D eigenvalue weighted by Gasteiger charge is -2.33. The summed E-state index contributed by atoms with van der Waals surface area (Å²) in [7, 11) is 0. The van der Waals surface area contributed by atoms with E-state index in [1.165, 1.54) is 5.57 Å². The van der Waals surface area contributed by atoms with Crippen LogP contribution in [0.15, 0.2) is 24.4 Å². The Bertz CT molecular complexity index is 852. The Balaban J connectivity index is 1.41. The Hall–Kier alpha value is -2.61. The van der Waals surface area contributed by atoms with Gasteiger partial charge in [-0.3, -0.25) is 4.79 Å². The van der Waals surface area contributed by atoms with Crippen molar-refractivity contribution in [2.45, 2.75) is 71.5 Å². The van der Waals surface area contributed by atoms with E-state index in [1.54, 1.807) is 11.8 Å². The van der Waals surface area contributed by atoms with Gasteiger partial charge < -0.3 is 24.8 Å². The van der Waals surface area contributed by atoms with Crippen molar-refractivity contribution in [3.05, 3.63) is 30.0 Å². The number of nitrogens with one attached hydrogen (secondary N) is 1. The average molecular weight is 474 g/mol. The van der Waals surface area contributed by atoms with E-state index in [2.05, 4.69) is 16.4 Å². The van der Waals surface area contributed by atoms with Gasteiger partial charge in [-0.1, -0.05) is 6.08 Å². The molecule has 0 spiro atoms. The van der Waals surface area contributed by atoms with Crippen molar-refractivity contribution in [2.75, 3.05) is 26.2 Å². The van der Waals surface area contributed by atoms with Crippen LogP contribution in [-0.4, -0.2) is 64.9 Å². The summed E-state index contributed by atoms with van der Waals surface area (Å²) in [5.41, 5.74) is 1.78. The molecule has 2 amide bonds. The highest BCUT2D eigenvalue weighted by molar-refractivity contribution is 5.80. The Morgan fingerprint density at radius 3 is 2.53 bits per heavy atom. The van der Waals surface area contributed by atoms with E-state index in [0.717, 1.165) is 31.2 Å². The number of aromatic nitrogens is 1. The lowest BCUT2D eigenvalue weighted by atomic mass is 9.86. The van der Waals surface area contributed by atoms with Gasteiger partial charge in [0.25, 0.3) is 0 Å². The lowest BCUT2D eigenvalue weighted by molar-refractivity contribution is -0.125. The molecule has 0 saturated carbocycles. The first kappa shape index (κ1) is 26.0. The fraction of sp³-hybridized carbons (Fsp3) is 0.654. The second-order valence-corrected chi connectivity index (χ2v) is 10.4. The number of aliphatic hydroxyl groups is 1. The minimum Gasteiger partial charge on any atom is -0.477 e. The molecule has 2 N–H and O–H groups in total. The number of hydrogen-bond donors (Lipinski definition) is 2. The number of pyridine rings is 1. The van der Waals surface area contributed by atoms with Gasteiger partial charge >= 0.3 is 6.09 Å². The summed E-state index contributed by atoms with van der Waals surface area (Å²) >= 11 is 0. The summed E-state index contributed by atoms with van der Waals surface area (Å²) in [6.45, 7) is 9.54. The predicted octanol–water partition coefficient (Wildman–Crippen LogP) is 3.79. The van der Waals surface area contributed by atoms with Crippen LogP contribution in [0.2, 0.25) is 0 Å². The molecule has 2 atom stereocenters. The van der Waals surface area contributed by atoms with Crippen molar-refractivity contribution in [3.63, 3.8) is 0 Å². The summed E-state index contributed by atoms with van der Waals surface area (Å²) in [5.74, 6) is 0.957. The molecule has 1 aliphatic carbocycles. The number of piperidine rings is 1. The first-order valence-corrected chi connectivity index (χ1v) is 12.3. The molecule has 0 bridgehead atoms. The lowest BCUT2D eigenvalue weighted by Crippen LogP contribution is -2.42. The van der Waals surface area contributed by atoms with Gasteiger partial charge in [0.2, 0.25) is 11.8 Å². The maximum Gasteiger partial charge on any atom is 0.410 e. The van der Waals surface area contributed by atoms with Gasteiger partial charge in [0.1, 0.15) is 5.60 Å². The molecule has 1 unspecified atom stereocenters. The molecule has 8 heteroatoms. The van der Waals surface area contributed by atoms with Crippen LogP contribution in [0.1, 0.15) is 65.4 Å². The van der Waals surface area contributed by atoms with E-state index in [9.17, 15) is 14.7 Å². The van der Waals surface area contributed by atoms with Crippen LogP contribution in [0.4, 0.5) is 4.79 Å². The number of hydrogen-bond acceptors (Lipinski definition) is 6. The number of aliphatic hydroxyl groups excluding tert-OH is 1. The summed E-state index contributed by atoms with van der Waals surface area (Å²) in [5, 5.41) is 12.1. The number of ether oxygens (including phenoxy) is 2. The zero-order valence-corrected chi connectivity index (χ0v) is 20.9. The maximum absolute atomic E-state index is 12.2. The van der Waals surface area contributed by atoms with Gasteiger partial charge in [-0.15, -0.1) is 0 Å². The second kappa shape index (κ2) is 11.7. The molecule has 0 aromatic carbocycles. The zero-order chi connectivity index (χ0) is 24.7. The third kappa shape index (κ3) is 8.01. The van der Waals surface area contributed by atoms with Crippen molar-refractivity contribution in [1.29, 1.82) is 0 Å². The molecule has 0 radical (unpaired) electrons. The predicted molar refractivity (Wildman–Crippen MR) is 130 cm³/mol. The van der Waals surface area contributed by atoms with Crippen molar-refractivity contribution in [1.82, 2.24) is 15.2 Å². The number of nitrogens with zero attached hydrogens (tertiary/aromatic N) is 2. The number of allylic oxidation sites excluding steroid dienone is 2. The van der Waals surface area contributed by atoms with Gasteiger partial charge in [-0.2, -0.15) is 0 Å². The van der Waals surface area contributed by atoms with Gasteiger partial charge in [0.05, 0.1) is 12.7 Å². The van der Waals surface area contributed by atoms with Crippen molar-refractivity contribution in [3.8, 4) is 5.88 Å². The highest BCUT2D eigenvalue weighted by Crippen LogP contribution is 2.30. The number of amides is 2. The van der Waals surface area contributed by atoms with Crippen LogP contribution < -0.4 is 10.1 Å². The smallest absolute Gasteiger partial charge is 0.410 e. The number of likely N-dealkylation sites (tertiary alicyclic amines) is 1. The Labute approximate surface area is 202 Å². The fourth-order valence-electron chi connectivity index (χ4n) is 4.19. The molecular formula is C26H39N3O5. The SMILES string of the molecule is C[C@@H](O)CNC(=O)C1CC=C(c2ccc(OCC3CCN(C(=O)OC(C)(C)C)CC3)nc2)CC1. The summed E-state index contributed by atoms with van der Waals surface area (Å²) in [6.07, 6.45) is 7.26. The molecule has 34 heavy (non-hydrogen) atoms. The molecule has 8 nitrogen and oxygen atoms in total. The third-order valence-electron chi connectivity index (χ3n) is 6.19. The molecule has 188 valence electrons. The summed E-state index contributed by atoms with van der Waals surface area (Å²) in [4.78, 5) is 30.6. The first-order chi connectivity index (χ1) is 16.1. The molecule has 1 aromatic rings. The number of carbonyl (C=O) groups is 2. The molecule has 1 fully saturated rings.